The molecule has 4 aliphatic rings. The monoisotopic (exact) mass is 273 g/mol. The number of nitrogens with zero attached hydrogens (tertiary/aromatic N) is 4. The third-order valence-electron chi connectivity index (χ3n) is 4.88. The summed E-state index contributed by atoms with van der Waals surface area (Å²) in [6.07, 6.45) is 8.73. The highest BCUT2D eigenvalue weighted by atomic mass is 15.4. The van der Waals surface area contributed by atoms with Crippen molar-refractivity contribution in [2.45, 2.75) is 24.9 Å². The van der Waals surface area contributed by atoms with Gasteiger partial charge in [0.2, 0.25) is 0 Å². The average Bonchev–Trinajstić information content (AvgIpc) is 2.82. The lowest BCUT2D eigenvalue weighted by molar-refractivity contribution is 0.168. The number of allylic oxidation sites excluding steroid dienone is 1. The van der Waals surface area contributed by atoms with Gasteiger partial charge in [0.1, 0.15) is 11.5 Å². The van der Waals surface area contributed by atoms with Gasteiger partial charge in [-0.2, -0.15) is 0 Å². The van der Waals surface area contributed by atoms with Crippen LogP contribution in [-0.2, 0) is 0 Å². The molecule has 4 heterocycles. The van der Waals surface area contributed by atoms with Crippen LogP contribution < -0.4 is 5.73 Å². The van der Waals surface area contributed by atoms with E-state index < -0.39 is 0 Å². The second-order valence-corrected chi connectivity index (χ2v) is 6.27. The summed E-state index contributed by atoms with van der Waals surface area (Å²) in [7, 11) is 0. The van der Waals surface area contributed by atoms with Crippen molar-refractivity contribution >= 4 is 6.21 Å². The van der Waals surface area contributed by atoms with Gasteiger partial charge in [0, 0.05) is 31.9 Å². The molecule has 2 N–H and O–H groups in total. The molecule has 0 aromatic heterocycles. The maximum atomic E-state index is 6.00. The summed E-state index contributed by atoms with van der Waals surface area (Å²) >= 11 is 0. The SMILES string of the molecule is NC1CCN(CC2CN3CC=CC4=C3N2CC=N4)CC1. The van der Waals surface area contributed by atoms with Gasteiger partial charge in [0.15, 0.2) is 0 Å². The van der Waals surface area contributed by atoms with Gasteiger partial charge in [0.25, 0.3) is 0 Å². The number of piperidine rings is 1. The van der Waals surface area contributed by atoms with Crippen molar-refractivity contribution in [3.05, 3.63) is 23.7 Å². The van der Waals surface area contributed by atoms with Crippen molar-refractivity contribution < 1.29 is 0 Å². The van der Waals surface area contributed by atoms with Crippen molar-refractivity contribution in [2.75, 3.05) is 39.3 Å². The van der Waals surface area contributed by atoms with E-state index in [0.29, 0.717) is 12.1 Å². The summed E-state index contributed by atoms with van der Waals surface area (Å²) in [5.74, 6) is 1.36. The lowest BCUT2D eigenvalue weighted by Crippen LogP contribution is -2.47. The van der Waals surface area contributed by atoms with Crippen molar-refractivity contribution in [1.29, 1.82) is 0 Å². The fourth-order valence-electron chi connectivity index (χ4n) is 3.78. The molecule has 5 nitrogen and oxygen atoms in total. The highest BCUT2D eigenvalue weighted by Crippen LogP contribution is 2.32. The number of aliphatic imine (C=N–C) groups is 1. The zero-order valence-electron chi connectivity index (χ0n) is 11.9. The second kappa shape index (κ2) is 4.90. The van der Waals surface area contributed by atoms with Crippen LogP contribution >= 0.6 is 0 Å². The van der Waals surface area contributed by atoms with Gasteiger partial charge in [-0.3, -0.25) is 4.99 Å². The van der Waals surface area contributed by atoms with Crippen LogP contribution in [0.4, 0.5) is 0 Å². The molecule has 4 rings (SSSR count). The molecule has 0 amide bonds. The topological polar surface area (TPSA) is 48.1 Å². The summed E-state index contributed by atoms with van der Waals surface area (Å²) in [5.41, 5.74) is 7.15. The van der Waals surface area contributed by atoms with Crippen LogP contribution in [0.15, 0.2) is 28.7 Å². The molecular weight excluding hydrogens is 250 g/mol. The zero-order valence-corrected chi connectivity index (χ0v) is 11.9. The van der Waals surface area contributed by atoms with Crippen molar-refractivity contribution in [3.8, 4) is 0 Å². The zero-order chi connectivity index (χ0) is 13.5. The molecule has 0 aromatic rings. The van der Waals surface area contributed by atoms with Gasteiger partial charge in [-0.1, -0.05) is 6.08 Å². The van der Waals surface area contributed by atoms with Crippen LogP contribution in [0.3, 0.4) is 0 Å². The minimum absolute atomic E-state index is 0.418. The molecule has 1 atom stereocenters. The fourth-order valence-corrected chi connectivity index (χ4v) is 3.78. The van der Waals surface area contributed by atoms with Crippen LogP contribution in [0.2, 0.25) is 0 Å². The number of likely N-dealkylation sites (tertiary alicyclic amines) is 1. The van der Waals surface area contributed by atoms with Gasteiger partial charge in [-0.05, 0) is 32.0 Å². The van der Waals surface area contributed by atoms with E-state index in [4.69, 9.17) is 5.73 Å². The van der Waals surface area contributed by atoms with E-state index in [1.54, 1.807) is 0 Å². The predicted molar refractivity (Wildman–Crippen MR) is 80.4 cm³/mol. The summed E-state index contributed by atoms with van der Waals surface area (Å²) < 4.78 is 0. The second-order valence-electron chi connectivity index (χ2n) is 6.27. The van der Waals surface area contributed by atoms with Gasteiger partial charge in [-0.25, -0.2) is 0 Å². The molecule has 2 saturated heterocycles. The normalized spacial score (nSPS) is 30.4. The summed E-state index contributed by atoms with van der Waals surface area (Å²) in [4.78, 5) is 12.1. The van der Waals surface area contributed by atoms with Crippen molar-refractivity contribution in [2.24, 2.45) is 10.7 Å². The first-order chi connectivity index (χ1) is 9.81. The Bertz CT molecular complexity index is 469. The summed E-state index contributed by atoms with van der Waals surface area (Å²) in [6, 6.07) is 1.02. The lowest BCUT2D eigenvalue weighted by Gasteiger charge is -2.35. The highest BCUT2D eigenvalue weighted by Gasteiger charge is 2.38. The Morgan fingerprint density at radius 2 is 2.10 bits per heavy atom. The first kappa shape index (κ1) is 12.4. The maximum Gasteiger partial charge on any atom is 0.131 e. The molecular formula is C15H23N5. The number of nitrogens with two attached hydrogens (primary N) is 1. The minimum atomic E-state index is 0.418. The van der Waals surface area contributed by atoms with E-state index in [1.807, 2.05) is 0 Å². The van der Waals surface area contributed by atoms with E-state index in [1.165, 1.54) is 5.82 Å². The summed E-state index contributed by atoms with van der Waals surface area (Å²) in [6.45, 7) is 6.60. The van der Waals surface area contributed by atoms with Crippen LogP contribution in [0.1, 0.15) is 12.8 Å². The van der Waals surface area contributed by atoms with E-state index in [2.05, 4.69) is 38.1 Å². The smallest absolute Gasteiger partial charge is 0.131 e. The van der Waals surface area contributed by atoms with E-state index in [-0.39, 0.29) is 0 Å². The first-order valence-corrected chi connectivity index (χ1v) is 7.74. The molecule has 2 fully saturated rings. The van der Waals surface area contributed by atoms with E-state index in [0.717, 1.165) is 57.8 Å². The molecule has 1 unspecified atom stereocenters. The van der Waals surface area contributed by atoms with Gasteiger partial charge in [-0.15, -0.1) is 0 Å². The van der Waals surface area contributed by atoms with Crippen LogP contribution in [0.5, 0.6) is 0 Å². The largest absolute Gasteiger partial charge is 0.351 e. The third-order valence-corrected chi connectivity index (χ3v) is 4.88. The van der Waals surface area contributed by atoms with Gasteiger partial charge in [0.05, 0.1) is 12.6 Å². The maximum absolute atomic E-state index is 6.00. The van der Waals surface area contributed by atoms with Crippen molar-refractivity contribution in [1.82, 2.24) is 14.7 Å². The average molecular weight is 273 g/mol. The number of hydrogen-bond donors (Lipinski definition) is 1. The van der Waals surface area contributed by atoms with Crippen molar-refractivity contribution in [3.63, 3.8) is 0 Å². The Morgan fingerprint density at radius 3 is 2.95 bits per heavy atom. The Hall–Kier alpha value is -1.33. The molecule has 0 aliphatic carbocycles. The van der Waals surface area contributed by atoms with E-state index >= 15 is 0 Å². The third kappa shape index (κ3) is 2.05. The van der Waals surface area contributed by atoms with Crippen LogP contribution in [0.25, 0.3) is 0 Å². The lowest BCUT2D eigenvalue weighted by atomic mass is 10.1. The van der Waals surface area contributed by atoms with Crippen LogP contribution in [0, 0.1) is 0 Å². The molecule has 20 heavy (non-hydrogen) atoms. The molecule has 0 radical (unpaired) electrons. The molecule has 0 saturated carbocycles. The minimum Gasteiger partial charge on any atom is -0.351 e. The molecule has 4 aliphatic heterocycles. The number of rotatable bonds is 2. The Labute approximate surface area is 120 Å². The first-order valence-electron chi connectivity index (χ1n) is 7.74. The molecule has 108 valence electrons. The molecule has 0 bridgehead atoms. The van der Waals surface area contributed by atoms with Crippen LogP contribution in [-0.4, -0.2) is 72.3 Å². The Balaban J connectivity index is 1.47. The molecule has 0 aromatic carbocycles. The quantitative estimate of drug-likeness (QED) is 0.782. The Kier molecular flexibility index (Phi) is 3.04. The number of hydrogen-bond acceptors (Lipinski definition) is 5. The highest BCUT2D eigenvalue weighted by molar-refractivity contribution is 5.65. The molecule has 5 heteroatoms. The van der Waals surface area contributed by atoms with Gasteiger partial charge < -0.3 is 20.4 Å². The molecule has 0 spiro atoms. The fraction of sp³-hybridized carbons (Fsp3) is 0.667. The standard InChI is InChI=1S/C15H23N5/c16-12-3-7-18(8-4-12)10-13-11-19-6-1-2-14-15(19)20(13)9-5-17-14/h1-2,5,12-13H,3-4,6-11,16H2. The summed E-state index contributed by atoms with van der Waals surface area (Å²) in [5, 5.41) is 0. The van der Waals surface area contributed by atoms with E-state index in [9.17, 15) is 0 Å². The predicted octanol–water partition coefficient (Wildman–Crippen LogP) is 0.219. The van der Waals surface area contributed by atoms with Gasteiger partial charge >= 0.3 is 0 Å². The Morgan fingerprint density at radius 1 is 1.25 bits per heavy atom.